The predicted octanol–water partition coefficient (Wildman–Crippen LogP) is 2.30. The molecule has 0 amide bonds. The van der Waals surface area contributed by atoms with E-state index >= 15 is 0 Å². The molecule has 0 fully saturated rings. The zero-order valence-corrected chi connectivity index (χ0v) is 10.8. The van der Waals surface area contributed by atoms with Gasteiger partial charge in [-0.15, -0.1) is 10.2 Å². The molecule has 1 heterocycles. The Kier molecular flexibility index (Phi) is 4.93. The molecular formula is C12H23N3O. The van der Waals surface area contributed by atoms with Crippen molar-refractivity contribution >= 4 is 0 Å². The summed E-state index contributed by atoms with van der Waals surface area (Å²) in [7, 11) is 0. The van der Waals surface area contributed by atoms with Gasteiger partial charge in [0.05, 0.1) is 0 Å². The summed E-state index contributed by atoms with van der Waals surface area (Å²) in [5, 5.41) is 11.5. The van der Waals surface area contributed by atoms with Crippen LogP contribution in [0.1, 0.15) is 52.3 Å². The summed E-state index contributed by atoms with van der Waals surface area (Å²) >= 11 is 0. The highest BCUT2D eigenvalue weighted by Crippen LogP contribution is 2.24. The standard InChI is InChI=1S/C12H23N3O/c1-5-8-13-9-7-10-14-15-11(16-10)12(3,4)6-2/h13H,5-9H2,1-4H3. The monoisotopic (exact) mass is 225 g/mol. The van der Waals surface area contributed by atoms with Gasteiger partial charge in [0, 0.05) is 18.4 Å². The van der Waals surface area contributed by atoms with Gasteiger partial charge in [-0.3, -0.25) is 0 Å². The van der Waals surface area contributed by atoms with E-state index in [9.17, 15) is 0 Å². The number of nitrogens with zero attached hydrogens (tertiary/aromatic N) is 2. The van der Waals surface area contributed by atoms with E-state index in [0.29, 0.717) is 0 Å². The Morgan fingerprint density at radius 1 is 1.19 bits per heavy atom. The predicted molar refractivity (Wildman–Crippen MR) is 64.5 cm³/mol. The van der Waals surface area contributed by atoms with Crippen molar-refractivity contribution in [2.24, 2.45) is 0 Å². The van der Waals surface area contributed by atoms with Crippen molar-refractivity contribution in [3.8, 4) is 0 Å². The molecule has 0 atom stereocenters. The van der Waals surface area contributed by atoms with Crippen LogP contribution in [0.4, 0.5) is 0 Å². The molecular weight excluding hydrogens is 202 g/mol. The van der Waals surface area contributed by atoms with E-state index < -0.39 is 0 Å². The minimum absolute atomic E-state index is 0.0118. The smallest absolute Gasteiger partial charge is 0.222 e. The second kappa shape index (κ2) is 5.99. The van der Waals surface area contributed by atoms with Gasteiger partial charge in [-0.05, 0) is 19.4 Å². The Bertz CT molecular complexity index is 307. The fraction of sp³-hybridized carbons (Fsp3) is 0.833. The molecule has 1 rings (SSSR count). The van der Waals surface area contributed by atoms with E-state index in [-0.39, 0.29) is 5.41 Å². The van der Waals surface area contributed by atoms with Crippen molar-refractivity contribution in [1.29, 1.82) is 0 Å². The van der Waals surface area contributed by atoms with E-state index in [1.54, 1.807) is 0 Å². The first-order chi connectivity index (χ1) is 7.60. The number of nitrogens with one attached hydrogen (secondary N) is 1. The molecule has 0 aromatic carbocycles. The van der Waals surface area contributed by atoms with Crippen LogP contribution < -0.4 is 5.32 Å². The highest BCUT2D eigenvalue weighted by atomic mass is 16.4. The Labute approximate surface area is 97.8 Å². The largest absolute Gasteiger partial charge is 0.425 e. The first-order valence-electron chi connectivity index (χ1n) is 6.13. The molecule has 0 aliphatic rings. The minimum Gasteiger partial charge on any atom is -0.425 e. The first-order valence-corrected chi connectivity index (χ1v) is 6.13. The summed E-state index contributed by atoms with van der Waals surface area (Å²) in [4.78, 5) is 0. The van der Waals surface area contributed by atoms with Gasteiger partial charge in [0.2, 0.25) is 11.8 Å². The topological polar surface area (TPSA) is 51.0 Å². The van der Waals surface area contributed by atoms with Crippen LogP contribution in [0.2, 0.25) is 0 Å². The SMILES string of the molecule is CCCNCCc1nnc(C(C)(C)CC)o1. The third-order valence-electron chi connectivity index (χ3n) is 2.87. The average Bonchev–Trinajstić information content (AvgIpc) is 2.74. The third-order valence-corrected chi connectivity index (χ3v) is 2.87. The van der Waals surface area contributed by atoms with Crippen LogP contribution >= 0.6 is 0 Å². The van der Waals surface area contributed by atoms with Gasteiger partial charge < -0.3 is 9.73 Å². The zero-order valence-electron chi connectivity index (χ0n) is 10.8. The number of hydrogen-bond acceptors (Lipinski definition) is 4. The number of hydrogen-bond donors (Lipinski definition) is 1. The van der Waals surface area contributed by atoms with E-state index in [2.05, 4.69) is 43.2 Å². The highest BCUT2D eigenvalue weighted by Gasteiger charge is 2.24. The van der Waals surface area contributed by atoms with E-state index in [1.807, 2.05) is 0 Å². The van der Waals surface area contributed by atoms with Crippen molar-refractivity contribution in [3.05, 3.63) is 11.8 Å². The van der Waals surface area contributed by atoms with Crippen LogP contribution in [0.3, 0.4) is 0 Å². The first kappa shape index (κ1) is 13.2. The number of rotatable bonds is 7. The van der Waals surface area contributed by atoms with Crippen molar-refractivity contribution in [2.75, 3.05) is 13.1 Å². The van der Waals surface area contributed by atoms with Gasteiger partial charge in [0.15, 0.2) is 0 Å². The van der Waals surface area contributed by atoms with Gasteiger partial charge in [-0.1, -0.05) is 27.7 Å². The average molecular weight is 225 g/mol. The summed E-state index contributed by atoms with van der Waals surface area (Å²) in [6.45, 7) is 10.5. The van der Waals surface area contributed by atoms with Crippen LogP contribution in [0.5, 0.6) is 0 Å². The molecule has 0 bridgehead atoms. The van der Waals surface area contributed by atoms with Crippen LogP contribution in [-0.4, -0.2) is 23.3 Å². The molecule has 1 aromatic rings. The lowest BCUT2D eigenvalue weighted by Gasteiger charge is -2.16. The normalized spacial score (nSPS) is 12.0. The maximum absolute atomic E-state index is 5.66. The van der Waals surface area contributed by atoms with Crippen LogP contribution in [0.15, 0.2) is 4.42 Å². The quantitative estimate of drug-likeness (QED) is 0.723. The van der Waals surface area contributed by atoms with Crippen LogP contribution in [-0.2, 0) is 11.8 Å². The van der Waals surface area contributed by atoms with Crippen molar-refractivity contribution in [2.45, 2.75) is 52.4 Å². The van der Waals surface area contributed by atoms with Crippen molar-refractivity contribution < 1.29 is 4.42 Å². The molecule has 0 aliphatic carbocycles. The molecule has 0 saturated carbocycles. The lowest BCUT2D eigenvalue weighted by molar-refractivity contribution is 0.343. The summed E-state index contributed by atoms with van der Waals surface area (Å²) in [5.74, 6) is 1.49. The summed E-state index contributed by atoms with van der Waals surface area (Å²) < 4.78 is 5.66. The Balaban J connectivity index is 2.45. The maximum atomic E-state index is 5.66. The van der Waals surface area contributed by atoms with Crippen LogP contribution in [0.25, 0.3) is 0 Å². The molecule has 4 nitrogen and oxygen atoms in total. The van der Waals surface area contributed by atoms with Gasteiger partial charge in [-0.2, -0.15) is 0 Å². The molecule has 0 aliphatic heterocycles. The fourth-order valence-corrected chi connectivity index (χ4v) is 1.28. The zero-order chi connectivity index (χ0) is 12.0. The lowest BCUT2D eigenvalue weighted by Crippen LogP contribution is -2.18. The molecule has 92 valence electrons. The summed E-state index contributed by atoms with van der Waals surface area (Å²) in [6, 6.07) is 0. The van der Waals surface area contributed by atoms with Crippen molar-refractivity contribution in [1.82, 2.24) is 15.5 Å². The van der Waals surface area contributed by atoms with E-state index in [4.69, 9.17) is 4.42 Å². The van der Waals surface area contributed by atoms with E-state index in [1.165, 1.54) is 0 Å². The Morgan fingerprint density at radius 2 is 1.94 bits per heavy atom. The minimum atomic E-state index is -0.0118. The molecule has 0 spiro atoms. The fourth-order valence-electron chi connectivity index (χ4n) is 1.28. The van der Waals surface area contributed by atoms with Gasteiger partial charge in [0.25, 0.3) is 0 Å². The Morgan fingerprint density at radius 3 is 2.56 bits per heavy atom. The summed E-state index contributed by atoms with van der Waals surface area (Å²) in [5.41, 5.74) is -0.0118. The van der Waals surface area contributed by atoms with Gasteiger partial charge in [-0.25, -0.2) is 0 Å². The second-order valence-electron chi connectivity index (χ2n) is 4.74. The summed E-state index contributed by atoms with van der Waals surface area (Å²) in [6.07, 6.45) is 2.97. The molecule has 0 unspecified atom stereocenters. The van der Waals surface area contributed by atoms with Crippen LogP contribution in [0, 0.1) is 0 Å². The molecule has 1 N–H and O–H groups in total. The van der Waals surface area contributed by atoms with Crippen molar-refractivity contribution in [3.63, 3.8) is 0 Å². The third kappa shape index (κ3) is 3.59. The molecule has 1 aromatic heterocycles. The highest BCUT2D eigenvalue weighted by molar-refractivity contribution is 4.98. The maximum Gasteiger partial charge on any atom is 0.222 e. The second-order valence-corrected chi connectivity index (χ2v) is 4.74. The number of aromatic nitrogens is 2. The molecule has 0 radical (unpaired) electrons. The molecule has 16 heavy (non-hydrogen) atoms. The van der Waals surface area contributed by atoms with Gasteiger partial charge >= 0.3 is 0 Å². The van der Waals surface area contributed by atoms with E-state index in [0.717, 1.165) is 44.1 Å². The molecule has 4 heteroatoms. The van der Waals surface area contributed by atoms with Gasteiger partial charge in [0.1, 0.15) is 0 Å². The molecule has 0 saturated heterocycles. The lowest BCUT2D eigenvalue weighted by atomic mass is 9.90. The Hall–Kier alpha value is -0.900.